The summed E-state index contributed by atoms with van der Waals surface area (Å²) in [7, 11) is 0. The monoisotopic (exact) mass is 604 g/mol. The molecule has 6 aromatic carbocycles. The SMILES string of the molecule is c1ccc(-c2ccc(-c3cc4oc5ccccc5c4cc3-c3cccc4c3-c3ccccc3C43C4CC5CC(C4)CC3C5)cc2)cc1. The molecule has 0 aliphatic heterocycles. The highest BCUT2D eigenvalue weighted by Gasteiger charge is 2.61. The standard InChI is InChI=1S/C46H36O/c1-2-9-30(10-3-1)31-17-19-32(20-18-31)38-27-44-40(35-11-5-7-16-43(35)47-44)26-39(38)36-13-8-15-42-45(36)37-12-4-6-14-41(37)46(42)33-22-28-21-29(24-33)25-34(46)23-28/h1-20,26-29,33-34H,21-25H2. The Morgan fingerprint density at radius 2 is 1.06 bits per heavy atom. The van der Waals surface area contributed by atoms with E-state index in [1.807, 2.05) is 0 Å². The molecule has 4 bridgehead atoms. The fourth-order valence-electron chi connectivity index (χ4n) is 11.1. The van der Waals surface area contributed by atoms with Crippen LogP contribution in [0.5, 0.6) is 0 Å². The van der Waals surface area contributed by atoms with Gasteiger partial charge in [0.2, 0.25) is 0 Å². The molecular formula is C46H36O. The largest absolute Gasteiger partial charge is 0.456 e. The second-order valence-corrected chi connectivity index (χ2v) is 14.9. The van der Waals surface area contributed by atoms with Crippen LogP contribution in [-0.2, 0) is 5.41 Å². The fraction of sp³-hybridized carbons (Fsp3) is 0.217. The zero-order valence-electron chi connectivity index (χ0n) is 26.5. The van der Waals surface area contributed by atoms with Crippen LogP contribution in [0.25, 0.3) is 66.4 Å². The predicted molar refractivity (Wildman–Crippen MR) is 193 cm³/mol. The highest BCUT2D eigenvalue weighted by Crippen LogP contribution is 2.70. The van der Waals surface area contributed by atoms with Gasteiger partial charge in [0.05, 0.1) is 0 Å². The van der Waals surface area contributed by atoms with Crippen molar-refractivity contribution >= 4 is 21.9 Å². The van der Waals surface area contributed by atoms with E-state index in [0.29, 0.717) is 0 Å². The number of para-hydroxylation sites is 1. The van der Waals surface area contributed by atoms with Crippen molar-refractivity contribution < 1.29 is 4.42 Å². The Labute approximate surface area is 275 Å². The molecule has 226 valence electrons. The number of hydrogen-bond acceptors (Lipinski definition) is 1. The van der Waals surface area contributed by atoms with E-state index in [9.17, 15) is 0 Å². The van der Waals surface area contributed by atoms with E-state index in [0.717, 1.165) is 34.8 Å². The van der Waals surface area contributed by atoms with Gasteiger partial charge in [-0.15, -0.1) is 0 Å². The first kappa shape index (κ1) is 26.2. The molecule has 5 aliphatic rings. The van der Waals surface area contributed by atoms with Gasteiger partial charge in [0.15, 0.2) is 0 Å². The lowest BCUT2D eigenvalue weighted by atomic mass is 9.43. The molecule has 0 unspecified atom stereocenters. The summed E-state index contributed by atoms with van der Waals surface area (Å²) in [6, 6.07) is 49.8. The van der Waals surface area contributed by atoms with E-state index >= 15 is 0 Å². The van der Waals surface area contributed by atoms with Gasteiger partial charge in [-0.05, 0) is 130 Å². The lowest BCUT2D eigenvalue weighted by molar-refractivity contribution is -0.0399. The molecule has 0 N–H and O–H groups in total. The van der Waals surface area contributed by atoms with Crippen molar-refractivity contribution in [3.63, 3.8) is 0 Å². The molecule has 1 heterocycles. The molecule has 12 rings (SSSR count). The van der Waals surface area contributed by atoms with E-state index in [1.54, 1.807) is 11.1 Å². The summed E-state index contributed by atoms with van der Waals surface area (Å²) in [5, 5.41) is 2.37. The molecule has 0 amide bonds. The van der Waals surface area contributed by atoms with E-state index in [2.05, 4.69) is 133 Å². The molecule has 0 saturated heterocycles. The third kappa shape index (κ3) is 3.55. The predicted octanol–water partition coefficient (Wildman–Crippen LogP) is 12.3. The van der Waals surface area contributed by atoms with Crippen molar-refractivity contribution in [3.05, 3.63) is 145 Å². The minimum atomic E-state index is 0.152. The van der Waals surface area contributed by atoms with E-state index in [1.165, 1.54) is 87.4 Å². The van der Waals surface area contributed by atoms with Crippen molar-refractivity contribution in [2.24, 2.45) is 23.7 Å². The minimum absolute atomic E-state index is 0.152. The molecule has 1 heteroatoms. The third-order valence-electron chi connectivity index (χ3n) is 12.7. The number of rotatable bonds is 3. The van der Waals surface area contributed by atoms with Crippen molar-refractivity contribution in [2.75, 3.05) is 0 Å². The zero-order chi connectivity index (χ0) is 30.7. The summed E-state index contributed by atoms with van der Waals surface area (Å²) in [6.45, 7) is 0. The van der Waals surface area contributed by atoms with Gasteiger partial charge < -0.3 is 4.42 Å². The molecule has 0 radical (unpaired) electrons. The Bertz CT molecular complexity index is 2330. The van der Waals surface area contributed by atoms with E-state index in [-0.39, 0.29) is 5.41 Å². The van der Waals surface area contributed by atoms with Gasteiger partial charge >= 0.3 is 0 Å². The lowest BCUT2D eigenvalue weighted by Crippen LogP contribution is -2.55. The summed E-state index contributed by atoms with van der Waals surface area (Å²) in [6.07, 6.45) is 7.07. The van der Waals surface area contributed by atoms with Gasteiger partial charge in [0.25, 0.3) is 0 Å². The van der Waals surface area contributed by atoms with E-state index in [4.69, 9.17) is 4.42 Å². The van der Waals surface area contributed by atoms with E-state index < -0.39 is 0 Å². The maximum Gasteiger partial charge on any atom is 0.136 e. The van der Waals surface area contributed by atoms with Crippen LogP contribution in [0.2, 0.25) is 0 Å². The quantitative estimate of drug-likeness (QED) is 0.196. The van der Waals surface area contributed by atoms with Crippen LogP contribution < -0.4 is 0 Å². The number of hydrogen-bond donors (Lipinski definition) is 0. The summed E-state index contributed by atoms with van der Waals surface area (Å²) in [4.78, 5) is 0. The summed E-state index contributed by atoms with van der Waals surface area (Å²) < 4.78 is 6.50. The average molecular weight is 605 g/mol. The maximum absolute atomic E-state index is 6.50. The van der Waals surface area contributed by atoms with Crippen molar-refractivity contribution in [3.8, 4) is 44.5 Å². The second-order valence-electron chi connectivity index (χ2n) is 14.9. The molecule has 1 spiro atoms. The summed E-state index contributed by atoms with van der Waals surface area (Å²) >= 11 is 0. The fourth-order valence-corrected chi connectivity index (χ4v) is 11.1. The Morgan fingerprint density at radius 3 is 1.87 bits per heavy atom. The maximum atomic E-state index is 6.50. The average Bonchev–Trinajstić information content (AvgIpc) is 3.64. The molecular weight excluding hydrogens is 569 g/mol. The molecule has 4 saturated carbocycles. The number of benzene rings is 6. The van der Waals surface area contributed by atoms with Crippen molar-refractivity contribution in [1.82, 2.24) is 0 Å². The summed E-state index contributed by atoms with van der Waals surface area (Å²) in [5.41, 5.74) is 15.8. The van der Waals surface area contributed by atoms with Gasteiger partial charge in [-0.2, -0.15) is 0 Å². The van der Waals surface area contributed by atoms with Crippen LogP contribution in [0.3, 0.4) is 0 Å². The van der Waals surface area contributed by atoms with Crippen LogP contribution >= 0.6 is 0 Å². The molecule has 0 atom stereocenters. The van der Waals surface area contributed by atoms with Gasteiger partial charge in [0, 0.05) is 16.2 Å². The molecule has 7 aromatic rings. The van der Waals surface area contributed by atoms with Crippen molar-refractivity contribution in [2.45, 2.75) is 37.5 Å². The Kier molecular flexibility index (Phi) is 5.34. The first-order valence-corrected chi connectivity index (χ1v) is 17.6. The van der Waals surface area contributed by atoms with Crippen LogP contribution in [0, 0.1) is 23.7 Å². The van der Waals surface area contributed by atoms with Crippen molar-refractivity contribution in [1.29, 1.82) is 0 Å². The van der Waals surface area contributed by atoms with Gasteiger partial charge in [-0.1, -0.05) is 115 Å². The van der Waals surface area contributed by atoms with Gasteiger partial charge in [-0.25, -0.2) is 0 Å². The highest BCUT2D eigenvalue weighted by atomic mass is 16.3. The first-order chi connectivity index (χ1) is 23.3. The van der Waals surface area contributed by atoms with Crippen LogP contribution in [0.1, 0.15) is 43.2 Å². The Morgan fingerprint density at radius 1 is 0.426 bits per heavy atom. The first-order valence-electron chi connectivity index (χ1n) is 17.6. The second kappa shape index (κ2) is 9.58. The summed E-state index contributed by atoms with van der Waals surface area (Å²) in [5.74, 6) is 3.37. The smallest absolute Gasteiger partial charge is 0.136 e. The van der Waals surface area contributed by atoms with Crippen LogP contribution in [0.4, 0.5) is 0 Å². The Balaban J connectivity index is 1.17. The molecule has 47 heavy (non-hydrogen) atoms. The minimum Gasteiger partial charge on any atom is -0.456 e. The molecule has 4 fully saturated rings. The third-order valence-corrected chi connectivity index (χ3v) is 12.7. The Hall–Kier alpha value is -4.88. The van der Waals surface area contributed by atoms with Crippen LogP contribution in [-0.4, -0.2) is 0 Å². The highest BCUT2D eigenvalue weighted by molar-refractivity contribution is 6.10. The molecule has 1 nitrogen and oxygen atoms in total. The van der Waals surface area contributed by atoms with Crippen LogP contribution in [0.15, 0.2) is 138 Å². The lowest BCUT2D eigenvalue weighted by Gasteiger charge is -2.61. The zero-order valence-corrected chi connectivity index (χ0v) is 26.5. The number of fused-ring (bicyclic) bond motifs is 6. The number of furan rings is 1. The normalized spacial score (nSPS) is 25.1. The topological polar surface area (TPSA) is 13.1 Å². The van der Waals surface area contributed by atoms with Gasteiger partial charge in [-0.3, -0.25) is 0 Å². The molecule has 1 aromatic heterocycles. The molecule has 5 aliphatic carbocycles. The van der Waals surface area contributed by atoms with Gasteiger partial charge in [0.1, 0.15) is 11.2 Å².